The van der Waals surface area contributed by atoms with Gasteiger partial charge in [-0.25, -0.2) is 0 Å². The molecule has 2 nitrogen and oxygen atoms in total. The summed E-state index contributed by atoms with van der Waals surface area (Å²) in [5.74, 6) is -1.14. The van der Waals surface area contributed by atoms with Gasteiger partial charge < -0.3 is 4.90 Å². The van der Waals surface area contributed by atoms with Gasteiger partial charge in [0.05, 0.1) is 6.54 Å². The second-order valence-corrected chi connectivity index (χ2v) is 4.64. The van der Waals surface area contributed by atoms with Crippen molar-refractivity contribution in [3.8, 4) is 0 Å². The zero-order valence-corrected chi connectivity index (χ0v) is 9.74. The van der Waals surface area contributed by atoms with E-state index in [9.17, 15) is 13.6 Å². The van der Waals surface area contributed by atoms with E-state index in [-0.39, 0.29) is 6.54 Å². The molecule has 0 radical (unpaired) electrons. The summed E-state index contributed by atoms with van der Waals surface area (Å²) < 4.78 is 24.9. The zero-order chi connectivity index (χ0) is 10.7. The molecule has 1 aromatic rings. The SMILES string of the molecule is CN(Cc1cc(Br)cs1)C(=O)C(F)F. The number of hydrogen-bond acceptors (Lipinski definition) is 2. The molecule has 0 unspecified atom stereocenters. The summed E-state index contributed by atoms with van der Waals surface area (Å²) in [7, 11) is 1.36. The zero-order valence-electron chi connectivity index (χ0n) is 7.34. The fraction of sp³-hybridized carbons (Fsp3) is 0.375. The maximum atomic E-state index is 12.0. The van der Waals surface area contributed by atoms with Gasteiger partial charge in [-0.05, 0) is 22.0 Å². The first-order valence-corrected chi connectivity index (χ1v) is 5.44. The maximum Gasteiger partial charge on any atom is 0.315 e. The molecular weight excluding hydrogens is 276 g/mol. The fourth-order valence-electron chi connectivity index (χ4n) is 0.915. The van der Waals surface area contributed by atoms with Crippen LogP contribution in [0.2, 0.25) is 0 Å². The Morgan fingerprint density at radius 3 is 2.79 bits per heavy atom. The number of halogens is 3. The van der Waals surface area contributed by atoms with Crippen LogP contribution in [0.5, 0.6) is 0 Å². The van der Waals surface area contributed by atoms with Crippen LogP contribution in [0, 0.1) is 0 Å². The van der Waals surface area contributed by atoms with Gasteiger partial charge in [-0.1, -0.05) is 0 Å². The van der Waals surface area contributed by atoms with Crippen LogP contribution in [0.4, 0.5) is 8.78 Å². The number of carbonyl (C=O) groups is 1. The van der Waals surface area contributed by atoms with Crippen molar-refractivity contribution < 1.29 is 13.6 Å². The fourth-order valence-corrected chi connectivity index (χ4v) is 2.42. The first-order chi connectivity index (χ1) is 6.50. The van der Waals surface area contributed by atoms with Gasteiger partial charge in [0.25, 0.3) is 5.91 Å². The summed E-state index contributed by atoms with van der Waals surface area (Å²) in [6.07, 6.45) is -2.93. The molecule has 0 aromatic carbocycles. The average Bonchev–Trinajstić information content (AvgIpc) is 2.49. The Bertz CT molecular complexity index is 329. The molecule has 0 aliphatic heterocycles. The van der Waals surface area contributed by atoms with Crippen LogP contribution in [0.25, 0.3) is 0 Å². The molecule has 0 saturated heterocycles. The Morgan fingerprint density at radius 2 is 2.36 bits per heavy atom. The molecule has 0 aliphatic carbocycles. The Labute approximate surface area is 92.7 Å². The third-order valence-electron chi connectivity index (χ3n) is 1.58. The molecule has 1 heterocycles. The lowest BCUT2D eigenvalue weighted by molar-refractivity contribution is -0.141. The minimum absolute atomic E-state index is 0.222. The van der Waals surface area contributed by atoms with E-state index in [1.54, 1.807) is 6.07 Å². The summed E-state index contributed by atoms with van der Waals surface area (Å²) in [5.41, 5.74) is 0. The van der Waals surface area contributed by atoms with Crippen molar-refractivity contribution in [2.75, 3.05) is 7.05 Å². The van der Waals surface area contributed by atoms with E-state index < -0.39 is 12.3 Å². The van der Waals surface area contributed by atoms with Crippen molar-refractivity contribution in [1.82, 2.24) is 4.90 Å². The van der Waals surface area contributed by atoms with Crippen LogP contribution in [0.3, 0.4) is 0 Å². The molecular formula is C8H8BrF2NOS. The highest BCUT2D eigenvalue weighted by Crippen LogP contribution is 2.21. The van der Waals surface area contributed by atoms with Gasteiger partial charge in [0.2, 0.25) is 0 Å². The van der Waals surface area contributed by atoms with Crippen molar-refractivity contribution >= 4 is 33.2 Å². The van der Waals surface area contributed by atoms with Gasteiger partial charge in [-0.2, -0.15) is 8.78 Å². The van der Waals surface area contributed by atoms with E-state index in [1.807, 2.05) is 5.38 Å². The highest BCUT2D eigenvalue weighted by molar-refractivity contribution is 9.10. The largest absolute Gasteiger partial charge is 0.336 e. The number of rotatable bonds is 3. The molecule has 0 atom stereocenters. The maximum absolute atomic E-state index is 12.0. The minimum atomic E-state index is -2.93. The Balaban J connectivity index is 2.57. The molecule has 0 N–H and O–H groups in total. The molecule has 0 bridgehead atoms. The van der Waals surface area contributed by atoms with Gasteiger partial charge in [-0.15, -0.1) is 11.3 Å². The molecule has 78 valence electrons. The third-order valence-corrected chi connectivity index (χ3v) is 3.26. The van der Waals surface area contributed by atoms with E-state index in [2.05, 4.69) is 15.9 Å². The Kier molecular flexibility index (Phi) is 4.00. The van der Waals surface area contributed by atoms with E-state index in [1.165, 1.54) is 18.4 Å². The lowest BCUT2D eigenvalue weighted by Crippen LogP contribution is -2.31. The van der Waals surface area contributed by atoms with Gasteiger partial charge >= 0.3 is 6.43 Å². The average molecular weight is 284 g/mol. The lowest BCUT2D eigenvalue weighted by Gasteiger charge is -2.14. The first-order valence-electron chi connectivity index (χ1n) is 3.76. The van der Waals surface area contributed by atoms with Crippen LogP contribution < -0.4 is 0 Å². The number of nitrogens with zero attached hydrogens (tertiary/aromatic N) is 1. The third kappa shape index (κ3) is 3.02. The molecule has 1 amide bonds. The van der Waals surface area contributed by atoms with Crippen LogP contribution in [0.15, 0.2) is 15.9 Å². The van der Waals surface area contributed by atoms with Crippen molar-refractivity contribution in [3.63, 3.8) is 0 Å². The normalized spacial score (nSPS) is 10.6. The smallest absolute Gasteiger partial charge is 0.315 e. The van der Waals surface area contributed by atoms with Crippen LogP contribution >= 0.6 is 27.3 Å². The van der Waals surface area contributed by atoms with Crippen molar-refractivity contribution in [2.45, 2.75) is 13.0 Å². The van der Waals surface area contributed by atoms with Crippen molar-refractivity contribution in [1.29, 1.82) is 0 Å². The van der Waals surface area contributed by atoms with Gasteiger partial charge in [0.15, 0.2) is 0 Å². The first kappa shape index (κ1) is 11.6. The topological polar surface area (TPSA) is 20.3 Å². The monoisotopic (exact) mass is 283 g/mol. The summed E-state index contributed by atoms with van der Waals surface area (Å²) in [5, 5.41) is 1.84. The molecule has 0 aliphatic rings. The summed E-state index contributed by atoms with van der Waals surface area (Å²) in [6, 6.07) is 1.81. The summed E-state index contributed by atoms with van der Waals surface area (Å²) >= 11 is 4.67. The molecule has 1 rings (SSSR count). The number of hydrogen-bond donors (Lipinski definition) is 0. The van der Waals surface area contributed by atoms with Gasteiger partial charge in [-0.3, -0.25) is 4.79 Å². The molecule has 14 heavy (non-hydrogen) atoms. The summed E-state index contributed by atoms with van der Waals surface area (Å²) in [6.45, 7) is 0.222. The number of carbonyl (C=O) groups excluding carboxylic acids is 1. The second-order valence-electron chi connectivity index (χ2n) is 2.73. The molecule has 0 fully saturated rings. The van der Waals surface area contributed by atoms with Crippen LogP contribution in [-0.2, 0) is 11.3 Å². The van der Waals surface area contributed by atoms with Crippen molar-refractivity contribution in [3.05, 3.63) is 20.8 Å². The van der Waals surface area contributed by atoms with E-state index in [0.29, 0.717) is 0 Å². The van der Waals surface area contributed by atoms with Gasteiger partial charge in [0, 0.05) is 21.8 Å². The Hall–Kier alpha value is -0.490. The van der Waals surface area contributed by atoms with Crippen LogP contribution in [0.1, 0.15) is 4.88 Å². The predicted octanol–water partition coefficient (Wildman–Crippen LogP) is 2.73. The molecule has 0 spiro atoms. The lowest BCUT2D eigenvalue weighted by atomic mass is 10.4. The highest BCUT2D eigenvalue weighted by Gasteiger charge is 2.20. The van der Waals surface area contributed by atoms with Crippen LogP contribution in [-0.4, -0.2) is 24.3 Å². The summed E-state index contributed by atoms with van der Waals surface area (Å²) in [4.78, 5) is 12.7. The molecule has 1 aromatic heterocycles. The number of thiophene rings is 1. The Morgan fingerprint density at radius 1 is 1.71 bits per heavy atom. The minimum Gasteiger partial charge on any atom is -0.336 e. The predicted molar refractivity (Wildman–Crippen MR) is 54.5 cm³/mol. The van der Waals surface area contributed by atoms with E-state index in [0.717, 1.165) is 14.2 Å². The quantitative estimate of drug-likeness (QED) is 0.835. The van der Waals surface area contributed by atoms with E-state index >= 15 is 0 Å². The standard InChI is InChI=1S/C8H8BrF2NOS/c1-12(8(13)7(10)11)3-6-2-5(9)4-14-6/h2,4,7H,3H2,1H3. The highest BCUT2D eigenvalue weighted by atomic mass is 79.9. The van der Waals surface area contributed by atoms with E-state index in [4.69, 9.17) is 0 Å². The van der Waals surface area contributed by atoms with Gasteiger partial charge in [0.1, 0.15) is 0 Å². The number of alkyl halides is 2. The number of amides is 1. The molecule has 6 heteroatoms. The second kappa shape index (κ2) is 4.84. The molecule has 0 saturated carbocycles. The van der Waals surface area contributed by atoms with Crippen molar-refractivity contribution in [2.24, 2.45) is 0 Å².